The van der Waals surface area contributed by atoms with E-state index in [1.54, 1.807) is 0 Å². The van der Waals surface area contributed by atoms with Crippen LogP contribution in [-0.2, 0) is 4.74 Å². The fourth-order valence-corrected chi connectivity index (χ4v) is 3.23. The molecule has 116 valence electrons. The fraction of sp³-hybridized carbons (Fsp3) is 0.611. The molecule has 3 nitrogen and oxygen atoms in total. The molecule has 1 fully saturated rings. The molecule has 2 rings (SSSR count). The minimum Gasteiger partial charge on any atom is -0.444 e. The van der Waals surface area contributed by atoms with Gasteiger partial charge in [0.1, 0.15) is 5.60 Å². The van der Waals surface area contributed by atoms with Crippen LogP contribution < -0.4 is 0 Å². The number of carbonyl (C=O) groups is 1. The average molecular weight is 289 g/mol. The van der Waals surface area contributed by atoms with Crippen LogP contribution in [0.3, 0.4) is 0 Å². The highest BCUT2D eigenvalue weighted by molar-refractivity contribution is 5.70. The normalized spacial score (nSPS) is 24.5. The van der Waals surface area contributed by atoms with Gasteiger partial charge in [0.2, 0.25) is 0 Å². The number of amides is 1. The first-order chi connectivity index (χ1) is 9.84. The molecule has 0 radical (unpaired) electrons. The molecule has 1 aliphatic rings. The van der Waals surface area contributed by atoms with Gasteiger partial charge in [-0.2, -0.15) is 0 Å². The van der Waals surface area contributed by atoms with E-state index in [0.29, 0.717) is 12.5 Å². The summed E-state index contributed by atoms with van der Waals surface area (Å²) in [4.78, 5) is 14.4. The topological polar surface area (TPSA) is 29.5 Å². The zero-order chi connectivity index (χ0) is 15.7. The molecule has 0 spiro atoms. The number of ether oxygens (including phenoxy) is 1. The Hall–Kier alpha value is -1.51. The van der Waals surface area contributed by atoms with Gasteiger partial charge in [0.05, 0.1) is 5.54 Å². The highest BCUT2D eigenvalue weighted by Crippen LogP contribution is 2.57. The first kappa shape index (κ1) is 15.9. The van der Waals surface area contributed by atoms with Gasteiger partial charge >= 0.3 is 6.09 Å². The van der Waals surface area contributed by atoms with Gasteiger partial charge in [-0.05, 0) is 46.1 Å². The minimum atomic E-state index is -0.448. The number of benzene rings is 1. The van der Waals surface area contributed by atoms with E-state index in [4.69, 9.17) is 4.74 Å². The van der Waals surface area contributed by atoms with Crippen molar-refractivity contribution in [2.75, 3.05) is 6.54 Å². The van der Waals surface area contributed by atoms with Crippen LogP contribution in [0.2, 0.25) is 0 Å². The number of hydrogen-bond acceptors (Lipinski definition) is 2. The van der Waals surface area contributed by atoms with Crippen LogP contribution in [0.1, 0.15) is 58.9 Å². The second-order valence-corrected chi connectivity index (χ2v) is 6.85. The summed E-state index contributed by atoms with van der Waals surface area (Å²) < 4.78 is 5.59. The monoisotopic (exact) mass is 289 g/mol. The molecular weight excluding hydrogens is 262 g/mol. The van der Waals surface area contributed by atoms with E-state index in [9.17, 15) is 4.79 Å². The Kier molecular flexibility index (Phi) is 4.31. The zero-order valence-electron chi connectivity index (χ0n) is 13.8. The molecule has 1 saturated carbocycles. The van der Waals surface area contributed by atoms with Gasteiger partial charge in [-0.15, -0.1) is 0 Å². The van der Waals surface area contributed by atoms with Crippen LogP contribution in [0.25, 0.3) is 0 Å². The lowest BCUT2D eigenvalue weighted by Crippen LogP contribution is -2.45. The van der Waals surface area contributed by atoms with E-state index in [-0.39, 0.29) is 11.6 Å². The third-order valence-corrected chi connectivity index (χ3v) is 4.33. The highest BCUT2D eigenvalue weighted by atomic mass is 16.6. The second kappa shape index (κ2) is 5.70. The molecule has 0 saturated heterocycles. The number of likely N-dealkylation sites (N-methyl/N-ethyl adjacent to an activating group) is 1. The van der Waals surface area contributed by atoms with E-state index < -0.39 is 5.60 Å². The molecule has 0 bridgehead atoms. The first-order valence-corrected chi connectivity index (χ1v) is 7.89. The van der Waals surface area contributed by atoms with Crippen molar-refractivity contribution >= 4 is 6.09 Å². The molecule has 1 amide bonds. The number of nitrogens with zero attached hydrogens (tertiary/aromatic N) is 1. The largest absolute Gasteiger partial charge is 0.444 e. The molecular formula is C18H27NO2. The van der Waals surface area contributed by atoms with Crippen molar-refractivity contribution in [3.8, 4) is 0 Å². The smallest absolute Gasteiger partial charge is 0.410 e. The van der Waals surface area contributed by atoms with Crippen LogP contribution in [0, 0.1) is 0 Å². The molecule has 2 atom stereocenters. The molecule has 0 aliphatic heterocycles. The minimum absolute atomic E-state index is 0.0710. The summed E-state index contributed by atoms with van der Waals surface area (Å²) in [6.45, 7) is 10.6. The van der Waals surface area contributed by atoms with E-state index in [1.807, 2.05) is 38.7 Å². The average Bonchev–Trinajstić information content (AvgIpc) is 3.14. The quantitative estimate of drug-likeness (QED) is 0.812. The molecule has 0 heterocycles. The zero-order valence-corrected chi connectivity index (χ0v) is 13.8. The van der Waals surface area contributed by atoms with Crippen LogP contribution in [0.5, 0.6) is 0 Å². The van der Waals surface area contributed by atoms with Crippen molar-refractivity contribution in [3.05, 3.63) is 35.9 Å². The van der Waals surface area contributed by atoms with Gasteiger partial charge in [0, 0.05) is 12.5 Å². The lowest BCUT2D eigenvalue weighted by atomic mass is 10.0. The molecule has 1 aromatic rings. The Morgan fingerprint density at radius 3 is 2.38 bits per heavy atom. The predicted octanol–water partition coefficient (Wildman–Crippen LogP) is 4.58. The molecule has 1 aromatic carbocycles. The summed E-state index contributed by atoms with van der Waals surface area (Å²) in [7, 11) is 0. The molecule has 0 N–H and O–H groups in total. The summed E-state index contributed by atoms with van der Waals surface area (Å²) >= 11 is 0. The van der Waals surface area contributed by atoms with Crippen LogP contribution >= 0.6 is 0 Å². The van der Waals surface area contributed by atoms with Gasteiger partial charge in [-0.1, -0.05) is 37.3 Å². The van der Waals surface area contributed by atoms with Crippen molar-refractivity contribution in [2.24, 2.45) is 0 Å². The molecule has 0 aromatic heterocycles. The first-order valence-electron chi connectivity index (χ1n) is 7.89. The Morgan fingerprint density at radius 2 is 1.90 bits per heavy atom. The molecule has 3 heteroatoms. The van der Waals surface area contributed by atoms with Crippen molar-refractivity contribution in [3.63, 3.8) is 0 Å². The summed E-state index contributed by atoms with van der Waals surface area (Å²) in [5, 5.41) is 0. The van der Waals surface area contributed by atoms with Gasteiger partial charge in [0.15, 0.2) is 0 Å². The summed E-state index contributed by atoms with van der Waals surface area (Å²) in [6, 6.07) is 10.5. The van der Waals surface area contributed by atoms with Gasteiger partial charge in [-0.25, -0.2) is 4.79 Å². The maximum absolute atomic E-state index is 12.5. The van der Waals surface area contributed by atoms with Crippen molar-refractivity contribution in [2.45, 2.75) is 64.5 Å². The van der Waals surface area contributed by atoms with Crippen molar-refractivity contribution < 1.29 is 9.53 Å². The number of hydrogen-bond donors (Lipinski definition) is 0. The fourth-order valence-electron chi connectivity index (χ4n) is 3.23. The lowest BCUT2D eigenvalue weighted by molar-refractivity contribution is 0.0129. The molecule has 21 heavy (non-hydrogen) atoms. The molecule has 1 aliphatic carbocycles. The Balaban J connectivity index is 2.19. The van der Waals surface area contributed by atoms with Crippen LogP contribution in [0.15, 0.2) is 30.3 Å². The van der Waals surface area contributed by atoms with E-state index >= 15 is 0 Å². The van der Waals surface area contributed by atoms with Crippen LogP contribution in [0.4, 0.5) is 4.79 Å². The third kappa shape index (κ3) is 3.22. The summed E-state index contributed by atoms with van der Waals surface area (Å²) in [6.07, 6.45) is 1.80. The van der Waals surface area contributed by atoms with E-state index in [2.05, 4.69) is 31.2 Å². The predicted molar refractivity (Wildman–Crippen MR) is 85.4 cm³/mol. The SMILES string of the molecule is CCN(C(=O)OC(C)(C)C)C1(CC)CC1c1ccccc1. The maximum atomic E-state index is 12.5. The summed E-state index contributed by atoms with van der Waals surface area (Å²) in [5.41, 5.74) is 0.802. The number of carbonyl (C=O) groups excluding carboxylic acids is 1. The Labute approximate surface area is 128 Å². The Morgan fingerprint density at radius 1 is 1.29 bits per heavy atom. The Bertz CT molecular complexity index is 492. The molecule has 2 unspecified atom stereocenters. The highest BCUT2D eigenvalue weighted by Gasteiger charge is 2.59. The van der Waals surface area contributed by atoms with E-state index in [0.717, 1.165) is 12.8 Å². The summed E-state index contributed by atoms with van der Waals surface area (Å²) in [5.74, 6) is 0.427. The van der Waals surface area contributed by atoms with E-state index in [1.165, 1.54) is 5.56 Å². The standard InChI is InChI=1S/C18H27NO2/c1-6-18(13-15(18)14-11-9-8-10-12-14)19(7-2)16(20)21-17(3,4)5/h8-12,15H,6-7,13H2,1-5H3. The third-order valence-electron chi connectivity index (χ3n) is 4.33. The van der Waals surface area contributed by atoms with Crippen LogP contribution in [-0.4, -0.2) is 28.7 Å². The van der Waals surface area contributed by atoms with Crippen molar-refractivity contribution in [1.29, 1.82) is 0 Å². The number of rotatable bonds is 4. The second-order valence-electron chi connectivity index (χ2n) is 6.85. The van der Waals surface area contributed by atoms with Gasteiger partial charge in [-0.3, -0.25) is 0 Å². The van der Waals surface area contributed by atoms with Gasteiger partial charge < -0.3 is 9.64 Å². The lowest BCUT2D eigenvalue weighted by Gasteiger charge is -2.33. The van der Waals surface area contributed by atoms with Gasteiger partial charge in [0.25, 0.3) is 0 Å². The van der Waals surface area contributed by atoms with Crippen molar-refractivity contribution in [1.82, 2.24) is 4.90 Å². The maximum Gasteiger partial charge on any atom is 0.410 e.